The Hall–Kier alpha value is -3.67. The van der Waals surface area contributed by atoms with Crippen LogP contribution >= 0.6 is 0 Å². The van der Waals surface area contributed by atoms with E-state index in [1.54, 1.807) is 69.3 Å². The molecule has 0 bridgehead atoms. The summed E-state index contributed by atoms with van der Waals surface area (Å²) in [6.07, 6.45) is 0. The van der Waals surface area contributed by atoms with E-state index in [0.717, 1.165) is 5.56 Å². The Bertz CT molecular complexity index is 1180. The highest BCUT2D eigenvalue weighted by atomic mass is 16.6. The number of hydrogen-bond acceptors (Lipinski definition) is 5. The average molecular weight is 434 g/mol. The number of ketones is 1. The molecular weight excluding hydrogens is 406 g/mol. The Kier molecular flexibility index (Phi) is 6.63. The van der Waals surface area contributed by atoms with Crippen LogP contribution in [0.2, 0.25) is 0 Å². The van der Waals surface area contributed by atoms with Gasteiger partial charge in [0.2, 0.25) is 0 Å². The topological polar surface area (TPSA) is 83.9 Å². The predicted molar refractivity (Wildman–Crippen MR) is 123 cm³/mol. The number of fused-ring (bicyclic) bond motifs is 1. The van der Waals surface area contributed by atoms with Crippen LogP contribution in [0.3, 0.4) is 0 Å². The second-order valence-electron chi connectivity index (χ2n) is 8.72. The second-order valence-corrected chi connectivity index (χ2v) is 8.72. The molecule has 0 aliphatic rings. The Labute approximate surface area is 187 Å². The van der Waals surface area contributed by atoms with Crippen LogP contribution in [0.25, 0.3) is 10.8 Å². The van der Waals surface area contributed by atoms with Crippen LogP contribution in [-0.4, -0.2) is 39.8 Å². The number of hydrogen-bond donors (Lipinski definition) is 1. The molecule has 3 aromatic rings. The molecule has 0 atom stereocenters. The first-order valence-corrected chi connectivity index (χ1v) is 10.4. The van der Waals surface area contributed by atoms with Crippen molar-refractivity contribution in [3.05, 3.63) is 77.4 Å². The lowest BCUT2D eigenvalue weighted by atomic mass is 10.0. The monoisotopic (exact) mass is 433 g/mol. The van der Waals surface area contributed by atoms with Crippen molar-refractivity contribution in [3.8, 4) is 5.75 Å². The molecule has 166 valence electrons. The van der Waals surface area contributed by atoms with Gasteiger partial charge in [-0.05, 0) is 74.4 Å². The zero-order valence-corrected chi connectivity index (χ0v) is 18.7. The zero-order chi connectivity index (χ0) is 23.5. The smallest absolute Gasteiger partial charge is 0.326 e. The summed E-state index contributed by atoms with van der Waals surface area (Å²) in [7, 11) is 0. The van der Waals surface area contributed by atoms with Crippen LogP contribution < -0.4 is 0 Å². The van der Waals surface area contributed by atoms with Gasteiger partial charge in [-0.3, -0.25) is 14.4 Å². The number of Topliss-reactive ketones (excluding diaryl/α,β-unsaturated/α-hetero) is 1. The molecule has 0 unspecified atom stereocenters. The van der Waals surface area contributed by atoms with Crippen LogP contribution in [0.1, 0.15) is 54.0 Å². The lowest BCUT2D eigenvalue weighted by Crippen LogP contribution is -2.38. The highest BCUT2D eigenvalue weighted by Gasteiger charge is 2.24. The molecule has 6 nitrogen and oxygen atoms in total. The Morgan fingerprint density at radius 1 is 0.969 bits per heavy atom. The van der Waals surface area contributed by atoms with Gasteiger partial charge in [-0.1, -0.05) is 30.3 Å². The molecule has 0 spiro atoms. The highest BCUT2D eigenvalue weighted by molar-refractivity contribution is 6.08. The quantitative estimate of drug-likeness (QED) is 0.449. The summed E-state index contributed by atoms with van der Waals surface area (Å²) in [6, 6.07) is 17.0. The van der Waals surface area contributed by atoms with Crippen LogP contribution in [0, 0.1) is 0 Å². The summed E-state index contributed by atoms with van der Waals surface area (Å²) in [5, 5.41) is 11.2. The number of rotatable bonds is 6. The third kappa shape index (κ3) is 5.72. The Morgan fingerprint density at radius 3 is 2.38 bits per heavy atom. The summed E-state index contributed by atoms with van der Waals surface area (Å²) >= 11 is 0. The number of esters is 1. The second kappa shape index (κ2) is 9.22. The van der Waals surface area contributed by atoms with E-state index in [1.165, 1.54) is 17.9 Å². The molecule has 0 radical (unpaired) electrons. The van der Waals surface area contributed by atoms with Gasteiger partial charge in [-0.15, -0.1) is 0 Å². The molecule has 0 aliphatic carbocycles. The molecule has 32 heavy (non-hydrogen) atoms. The SMILES string of the molecule is CC(=O)c1cccc(CN(CC(=O)OC(C)(C)C)C(=O)c2cccc3cc(O)ccc23)c1. The molecule has 3 rings (SSSR count). The first-order chi connectivity index (χ1) is 15.0. The normalized spacial score (nSPS) is 11.2. The van der Waals surface area contributed by atoms with E-state index in [9.17, 15) is 19.5 Å². The maximum Gasteiger partial charge on any atom is 0.326 e. The van der Waals surface area contributed by atoms with Crippen LogP contribution in [0.5, 0.6) is 5.75 Å². The van der Waals surface area contributed by atoms with Crippen LogP contribution in [0.4, 0.5) is 0 Å². The van der Waals surface area contributed by atoms with E-state index in [0.29, 0.717) is 21.9 Å². The summed E-state index contributed by atoms with van der Waals surface area (Å²) < 4.78 is 5.44. The number of phenols is 1. The number of amides is 1. The van der Waals surface area contributed by atoms with Crippen molar-refractivity contribution >= 4 is 28.4 Å². The van der Waals surface area contributed by atoms with Crippen molar-refractivity contribution in [2.75, 3.05) is 6.54 Å². The van der Waals surface area contributed by atoms with Gasteiger partial charge in [0.05, 0.1) is 0 Å². The average Bonchev–Trinajstić information content (AvgIpc) is 2.71. The van der Waals surface area contributed by atoms with E-state index < -0.39 is 11.6 Å². The van der Waals surface area contributed by atoms with E-state index >= 15 is 0 Å². The van der Waals surface area contributed by atoms with Gasteiger partial charge >= 0.3 is 5.97 Å². The number of benzene rings is 3. The van der Waals surface area contributed by atoms with Gasteiger partial charge in [0, 0.05) is 17.7 Å². The standard InChI is InChI=1S/C26H27NO5/c1-17(28)19-8-5-7-18(13-19)15-27(16-24(30)32-26(2,3)4)25(31)23-10-6-9-20-14-21(29)11-12-22(20)23/h5-14,29H,15-16H2,1-4H3. The first-order valence-electron chi connectivity index (χ1n) is 10.4. The maximum atomic E-state index is 13.6. The van der Waals surface area contributed by atoms with Gasteiger partial charge in [0.15, 0.2) is 5.78 Å². The van der Waals surface area contributed by atoms with Crippen molar-refractivity contribution < 1.29 is 24.2 Å². The number of aromatic hydroxyl groups is 1. The molecule has 0 saturated carbocycles. The largest absolute Gasteiger partial charge is 0.508 e. The molecular formula is C26H27NO5. The minimum Gasteiger partial charge on any atom is -0.508 e. The third-order valence-electron chi connectivity index (χ3n) is 4.83. The van der Waals surface area contributed by atoms with Crippen molar-refractivity contribution in [2.45, 2.75) is 39.8 Å². The fraction of sp³-hybridized carbons (Fsp3) is 0.269. The zero-order valence-electron chi connectivity index (χ0n) is 18.7. The van der Waals surface area contributed by atoms with Gasteiger partial charge in [-0.2, -0.15) is 0 Å². The highest BCUT2D eigenvalue weighted by Crippen LogP contribution is 2.25. The number of nitrogens with zero attached hydrogens (tertiary/aromatic N) is 1. The molecule has 0 aliphatic heterocycles. The fourth-order valence-corrected chi connectivity index (χ4v) is 3.47. The van der Waals surface area contributed by atoms with Crippen molar-refractivity contribution in [1.82, 2.24) is 4.90 Å². The molecule has 0 heterocycles. The van der Waals surface area contributed by atoms with Crippen molar-refractivity contribution in [3.63, 3.8) is 0 Å². The summed E-state index contributed by atoms with van der Waals surface area (Å²) in [5.41, 5.74) is 0.992. The lowest BCUT2D eigenvalue weighted by molar-refractivity contribution is -0.155. The summed E-state index contributed by atoms with van der Waals surface area (Å²) in [5.74, 6) is -0.841. The predicted octanol–water partition coefficient (Wildman–Crippen LogP) is 4.73. The molecule has 0 saturated heterocycles. The summed E-state index contributed by atoms with van der Waals surface area (Å²) in [4.78, 5) is 39.3. The van der Waals surface area contributed by atoms with Gasteiger partial charge in [0.25, 0.3) is 5.91 Å². The summed E-state index contributed by atoms with van der Waals surface area (Å²) in [6.45, 7) is 6.68. The lowest BCUT2D eigenvalue weighted by Gasteiger charge is -2.26. The fourth-order valence-electron chi connectivity index (χ4n) is 3.47. The number of ether oxygens (including phenoxy) is 1. The number of phenolic OH excluding ortho intramolecular Hbond substituents is 1. The van der Waals surface area contributed by atoms with Gasteiger partial charge in [-0.25, -0.2) is 0 Å². The van der Waals surface area contributed by atoms with E-state index in [-0.39, 0.29) is 30.5 Å². The van der Waals surface area contributed by atoms with E-state index in [1.807, 2.05) is 6.07 Å². The molecule has 3 aromatic carbocycles. The molecule has 0 fully saturated rings. The third-order valence-corrected chi connectivity index (χ3v) is 4.83. The molecule has 6 heteroatoms. The maximum absolute atomic E-state index is 13.6. The minimum absolute atomic E-state index is 0.0780. The molecule has 1 N–H and O–H groups in total. The Balaban J connectivity index is 1.98. The van der Waals surface area contributed by atoms with Gasteiger partial charge in [0.1, 0.15) is 17.9 Å². The molecule has 0 aromatic heterocycles. The van der Waals surface area contributed by atoms with Gasteiger partial charge < -0.3 is 14.7 Å². The first kappa shape index (κ1) is 23.0. The Morgan fingerprint density at radius 2 is 1.69 bits per heavy atom. The van der Waals surface area contributed by atoms with Crippen molar-refractivity contribution in [1.29, 1.82) is 0 Å². The minimum atomic E-state index is -0.683. The van der Waals surface area contributed by atoms with E-state index in [4.69, 9.17) is 4.74 Å². The van der Waals surface area contributed by atoms with Crippen molar-refractivity contribution in [2.24, 2.45) is 0 Å². The number of carbonyl (C=O) groups is 3. The molecule has 1 amide bonds. The van der Waals surface area contributed by atoms with Crippen LogP contribution in [-0.2, 0) is 16.1 Å². The van der Waals surface area contributed by atoms with Crippen LogP contribution in [0.15, 0.2) is 60.7 Å². The van der Waals surface area contributed by atoms with E-state index in [2.05, 4.69) is 0 Å². The number of carbonyl (C=O) groups excluding carboxylic acids is 3.